The molecule has 1 N–H and O–H groups in total. The zero-order chi connectivity index (χ0) is 15.1. The Labute approximate surface area is 137 Å². The Kier molecular flexibility index (Phi) is 7.17. The molecule has 1 heterocycles. The summed E-state index contributed by atoms with van der Waals surface area (Å²) in [6.45, 7) is 7.62. The molecule has 2 unspecified atom stereocenters. The van der Waals surface area contributed by atoms with Gasteiger partial charge in [-0.1, -0.05) is 41.1 Å². The van der Waals surface area contributed by atoms with E-state index in [1.807, 2.05) is 0 Å². The first-order valence-electron chi connectivity index (χ1n) is 7.93. The number of rotatable bonds is 8. The molecule has 1 aromatic rings. The van der Waals surface area contributed by atoms with Crippen LogP contribution in [0.25, 0.3) is 0 Å². The summed E-state index contributed by atoms with van der Waals surface area (Å²) in [5.41, 5.74) is 1.37. The summed E-state index contributed by atoms with van der Waals surface area (Å²) in [5, 5.41) is 3.62. The van der Waals surface area contributed by atoms with Crippen molar-refractivity contribution in [2.75, 3.05) is 39.9 Å². The predicted molar refractivity (Wildman–Crippen MR) is 91.6 cm³/mol. The first-order chi connectivity index (χ1) is 10.2. The minimum Gasteiger partial charge on any atom is -0.384 e. The van der Waals surface area contributed by atoms with Crippen LogP contribution in [0.4, 0.5) is 0 Å². The van der Waals surface area contributed by atoms with Gasteiger partial charge in [0.2, 0.25) is 0 Å². The van der Waals surface area contributed by atoms with Crippen LogP contribution in [0.5, 0.6) is 0 Å². The smallest absolute Gasteiger partial charge is 0.0503 e. The second kappa shape index (κ2) is 8.89. The third-order valence-electron chi connectivity index (χ3n) is 4.24. The molecule has 1 saturated heterocycles. The van der Waals surface area contributed by atoms with E-state index >= 15 is 0 Å². The topological polar surface area (TPSA) is 24.5 Å². The van der Waals surface area contributed by atoms with Gasteiger partial charge in [-0.2, -0.15) is 0 Å². The summed E-state index contributed by atoms with van der Waals surface area (Å²) in [6.07, 6.45) is 2.42. The molecule has 1 aromatic carbocycles. The average Bonchev–Trinajstić information content (AvgIpc) is 2.92. The lowest BCUT2D eigenvalue weighted by atomic mass is 10.0. The Morgan fingerprint density at radius 2 is 2.24 bits per heavy atom. The highest BCUT2D eigenvalue weighted by Gasteiger charge is 2.23. The van der Waals surface area contributed by atoms with Crippen LogP contribution in [0.15, 0.2) is 28.7 Å². The molecular weight excluding hydrogens is 328 g/mol. The number of nitrogens with zero attached hydrogens (tertiary/aromatic N) is 1. The van der Waals surface area contributed by atoms with Crippen LogP contribution in [-0.4, -0.2) is 44.8 Å². The molecule has 1 aliphatic rings. The summed E-state index contributed by atoms with van der Waals surface area (Å²) in [5.74, 6) is 0.719. The fourth-order valence-electron chi connectivity index (χ4n) is 3.17. The molecule has 21 heavy (non-hydrogen) atoms. The third-order valence-corrected chi connectivity index (χ3v) is 4.96. The maximum Gasteiger partial charge on any atom is 0.0503 e. The largest absolute Gasteiger partial charge is 0.384 e. The van der Waals surface area contributed by atoms with Crippen LogP contribution in [0.1, 0.15) is 31.4 Å². The van der Waals surface area contributed by atoms with Gasteiger partial charge in [0.05, 0.1) is 6.61 Å². The minimum absolute atomic E-state index is 0.423. The second-order valence-corrected chi connectivity index (χ2v) is 6.69. The number of halogens is 1. The molecule has 1 fully saturated rings. The van der Waals surface area contributed by atoms with Crippen molar-refractivity contribution in [3.8, 4) is 0 Å². The van der Waals surface area contributed by atoms with E-state index in [4.69, 9.17) is 4.74 Å². The number of benzene rings is 1. The Morgan fingerprint density at radius 3 is 2.95 bits per heavy atom. The lowest BCUT2D eigenvalue weighted by Gasteiger charge is -2.23. The Morgan fingerprint density at radius 1 is 1.43 bits per heavy atom. The van der Waals surface area contributed by atoms with Crippen molar-refractivity contribution in [1.82, 2.24) is 10.2 Å². The van der Waals surface area contributed by atoms with Crippen LogP contribution in [0, 0.1) is 5.92 Å². The van der Waals surface area contributed by atoms with E-state index in [2.05, 4.69) is 57.3 Å². The Balaban J connectivity index is 1.88. The third kappa shape index (κ3) is 5.06. The number of hydrogen-bond donors (Lipinski definition) is 1. The van der Waals surface area contributed by atoms with E-state index in [9.17, 15) is 0 Å². The highest BCUT2D eigenvalue weighted by Crippen LogP contribution is 2.26. The Bertz CT molecular complexity index is 427. The van der Waals surface area contributed by atoms with Gasteiger partial charge in [-0.15, -0.1) is 0 Å². The maximum atomic E-state index is 5.28. The van der Waals surface area contributed by atoms with Crippen LogP contribution in [0.2, 0.25) is 0 Å². The van der Waals surface area contributed by atoms with Gasteiger partial charge in [0.25, 0.3) is 0 Å². The highest BCUT2D eigenvalue weighted by atomic mass is 79.9. The lowest BCUT2D eigenvalue weighted by Crippen LogP contribution is -2.29. The molecule has 0 radical (unpaired) electrons. The first kappa shape index (κ1) is 16.9. The molecule has 0 spiro atoms. The molecule has 0 aliphatic carbocycles. The van der Waals surface area contributed by atoms with Crippen LogP contribution >= 0.6 is 15.9 Å². The van der Waals surface area contributed by atoms with E-state index in [0.29, 0.717) is 6.04 Å². The fourth-order valence-corrected chi connectivity index (χ4v) is 3.73. The van der Waals surface area contributed by atoms with E-state index in [1.54, 1.807) is 7.11 Å². The van der Waals surface area contributed by atoms with Gasteiger partial charge in [-0.25, -0.2) is 0 Å². The average molecular weight is 355 g/mol. The molecular formula is C17H27BrN2O. The van der Waals surface area contributed by atoms with Gasteiger partial charge in [-0.3, -0.25) is 0 Å². The SMILES string of the molecule is CCNC(CCN1CCC(COC)C1)c1ccccc1Br. The number of methoxy groups -OCH3 is 1. The van der Waals surface area contributed by atoms with Crippen molar-refractivity contribution >= 4 is 15.9 Å². The van der Waals surface area contributed by atoms with Crippen LogP contribution in [0.3, 0.4) is 0 Å². The molecule has 0 amide bonds. The predicted octanol–water partition coefficient (Wildman–Crippen LogP) is 3.46. The Hall–Kier alpha value is -0.420. The number of nitrogens with one attached hydrogen (secondary N) is 1. The number of hydrogen-bond acceptors (Lipinski definition) is 3. The lowest BCUT2D eigenvalue weighted by molar-refractivity contribution is 0.152. The van der Waals surface area contributed by atoms with E-state index < -0.39 is 0 Å². The molecule has 0 saturated carbocycles. The van der Waals surface area contributed by atoms with E-state index in [1.165, 1.54) is 29.5 Å². The summed E-state index contributed by atoms with van der Waals surface area (Å²) in [6, 6.07) is 8.97. The first-order valence-corrected chi connectivity index (χ1v) is 8.73. The monoisotopic (exact) mass is 354 g/mol. The van der Waals surface area contributed by atoms with Crippen LogP contribution in [-0.2, 0) is 4.74 Å². The van der Waals surface area contributed by atoms with Crippen molar-refractivity contribution in [2.45, 2.75) is 25.8 Å². The van der Waals surface area contributed by atoms with Crippen molar-refractivity contribution in [1.29, 1.82) is 0 Å². The van der Waals surface area contributed by atoms with Gasteiger partial charge < -0.3 is 15.0 Å². The zero-order valence-electron chi connectivity index (χ0n) is 13.1. The van der Waals surface area contributed by atoms with Gasteiger partial charge in [0, 0.05) is 24.2 Å². The normalized spacial score (nSPS) is 20.8. The summed E-state index contributed by atoms with van der Waals surface area (Å²) in [4.78, 5) is 2.57. The fraction of sp³-hybridized carbons (Fsp3) is 0.647. The summed E-state index contributed by atoms with van der Waals surface area (Å²) in [7, 11) is 1.80. The molecule has 2 atom stereocenters. The summed E-state index contributed by atoms with van der Waals surface area (Å²) >= 11 is 3.68. The quantitative estimate of drug-likeness (QED) is 0.773. The molecule has 1 aliphatic heterocycles. The van der Waals surface area contributed by atoms with E-state index in [0.717, 1.165) is 32.0 Å². The van der Waals surface area contributed by atoms with Gasteiger partial charge in [0.1, 0.15) is 0 Å². The zero-order valence-corrected chi connectivity index (χ0v) is 14.7. The van der Waals surface area contributed by atoms with Crippen molar-refractivity contribution in [3.63, 3.8) is 0 Å². The summed E-state index contributed by atoms with van der Waals surface area (Å²) < 4.78 is 6.48. The number of likely N-dealkylation sites (tertiary alicyclic amines) is 1. The molecule has 4 heteroatoms. The van der Waals surface area contributed by atoms with E-state index in [-0.39, 0.29) is 0 Å². The molecule has 0 aromatic heterocycles. The number of ether oxygens (including phenoxy) is 1. The van der Waals surface area contributed by atoms with Gasteiger partial charge in [0.15, 0.2) is 0 Å². The van der Waals surface area contributed by atoms with Gasteiger partial charge in [-0.05, 0) is 50.0 Å². The highest BCUT2D eigenvalue weighted by molar-refractivity contribution is 9.10. The molecule has 2 rings (SSSR count). The van der Waals surface area contributed by atoms with Crippen molar-refractivity contribution < 1.29 is 4.74 Å². The minimum atomic E-state index is 0.423. The van der Waals surface area contributed by atoms with Crippen molar-refractivity contribution in [3.05, 3.63) is 34.3 Å². The van der Waals surface area contributed by atoms with Gasteiger partial charge >= 0.3 is 0 Å². The van der Waals surface area contributed by atoms with Crippen LogP contribution < -0.4 is 5.32 Å². The van der Waals surface area contributed by atoms with Crippen molar-refractivity contribution in [2.24, 2.45) is 5.92 Å². The molecule has 0 bridgehead atoms. The standard InChI is InChI=1S/C17H27BrN2O/c1-3-19-17(15-6-4-5-7-16(15)18)9-11-20-10-8-14(12-20)13-21-2/h4-7,14,17,19H,3,8-13H2,1-2H3. The molecule has 118 valence electrons. The molecule has 3 nitrogen and oxygen atoms in total. The maximum absolute atomic E-state index is 5.28. The second-order valence-electron chi connectivity index (χ2n) is 5.83.